The number of carbonyl (C=O) groups excluding carboxylic acids is 1. The van der Waals surface area contributed by atoms with Gasteiger partial charge in [-0.2, -0.15) is 0 Å². The molecule has 5 nitrogen and oxygen atoms in total. The molecule has 0 saturated carbocycles. The Bertz CT molecular complexity index is 604. The minimum atomic E-state index is -1.27. The summed E-state index contributed by atoms with van der Waals surface area (Å²) in [5.41, 5.74) is -0.794. The molecular formula is C17H23ClN2O3S. The quantitative estimate of drug-likeness (QED) is 0.781. The molecule has 24 heavy (non-hydrogen) atoms. The fourth-order valence-corrected chi connectivity index (χ4v) is 3.60. The molecule has 0 bridgehead atoms. The van der Waals surface area contributed by atoms with E-state index in [9.17, 15) is 9.90 Å². The predicted octanol–water partition coefficient (Wildman–Crippen LogP) is 3.20. The highest BCUT2D eigenvalue weighted by atomic mass is 35.5. The SMILES string of the molecule is CC(C)(C)OC(=O)N[C@H](Cc1ccccc1)C1=NC(O)(CCl)CS1. The zero-order valence-corrected chi connectivity index (χ0v) is 15.7. The van der Waals surface area contributed by atoms with Crippen LogP contribution in [0.2, 0.25) is 0 Å². The fraction of sp³-hybridized carbons (Fsp3) is 0.529. The van der Waals surface area contributed by atoms with Crippen LogP contribution >= 0.6 is 23.4 Å². The summed E-state index contributed by atoms with van der Waals surface area (Å²) in [6.07, 6.45) is 0.0534. The second-order valence-corrected chi connectivity index (χ2v) is 8.01. The summed E-state index contributed by atoms with van der Waals surface area (Å²) in [6, 6.07) is 9.42. The van der Waals surface area contributed by atoms with E-state index in [0.29, 0.717) is 17.2 Å². The van der Waals surface area contributed by atoms with Gasteiger partial charge in [0.05, 0.1) is 22.7 Å². The molecule has 1 heterocycles. The van der Waals surface area contributed by atoms with E-state index in [-0.39, 0.29) is 11.9 Å². The Morgan fingerprint density at radius 1 is 1.46 bits per heavy atom. The Hall–Kier alpha value is -1.24. The van der Waals surface area contributed by atoms with E-state index in [1.807, 2.05) is 51.1 Å². The number of hydrogen-bond donors (Lipinski definition) is 2. The topological polar surface area (TPSA) is 70.9 Å². The number of thioether (sulfide) groups is 1. The Labute approximate surface area is 151 Å². The van der Waals surface area contributed by atoms with Crippen molar-refractivity contribution >= 4 is 34.5 Å². The lowest BCUT2D eigenvalue weighted by molar-refractivity contribution is 0.0517. The number of benzene rings is 1. The third-order valence-electron chi connectivity index (χ3n) is 3.26. The maximum Gasteiger partial charge on any atom is 0.408 e. The molecule has 2 N–H and O–H groups in total. The third-order valence-corrected chi connectivity index (χ3v) is 4.96. The van der Waals surface area contributed by atoms with E-state index in [0.717, 1.165) is 5.56 Å². The first-order valence-electron chi connectivity index (χ1n) is 7.75. The van der Waals surface area contributed by atoms with Crippen LogP contribution < -0.4 is 5.32 Å². The first-order valence-corrected chi connectivity index (χ1v) is 9.27. The molecule has 132 valence electrons. The maximum atomic E-state index is 12.2. The van der Waals surface area contributed by atoms with Gasteiger partial charge in [0.1, 0.15) is 5.60 Å². The standard InChI is InChI=1S/C17H23ClN2O3S/c1-16(2,3)23-15(21)19-13(9-12-7-5-4-6-8-12)14-20-17(22,10-18)11-24-14/h4-8,13,22H,9-11H2,1-3H3,(H,19,21)/t13-,17?/m1/s1. The summed E-state index contributed by atoms with van der Waals surface area (Å²) in [6.45, 7) is 5.44. The van der Waals surface area contributed by atoms with Gasteiger partial charge in [0, 0.05) is 0 Å². The predicted molar refractivity (Wildman–Crippen MR) is 98.9 cm³/mol. The molecule has 2 rings (SSSR count). The molecule has 0 aromatic heterocycles. The number of nitrogens with one attached hydrogen (secondary N) is 1. The number of alkyl carbamates (subject to hydrolysis) is 1. The van der Waals surface area contributed by atoms with Crippen LogP contribution in [-0.2, 0) is 11.2 Å². The van der Waals surface area contributed by atoms with Crippen molar-refractivity contribution in [3.05, 3.63) is 35.9 Å². The molecule has 0 saturated heterocycles. The van der Waals surface area contributed by atoms with Crippen LogP contribution in [0.25, 0.3) is 0 Å². The summed E-state index contributed by atoms with van der Waals surface area (Å²) < 4.78 is 5.34. The van der Waals surface area contributed by atoms with Gasteiger partial charge in [-0.3, -0.25) is 0 Å². The van der Waals surface area contributed by atoms with Gasteiger partial charge in [-0.15, -0.1) is 23.4 Å². The van der Waals surface area contributed by atoms with E-state index >= 15 is 0 Å². The number of aliphatic hydroxyl groups is 1. The number of rotatable bonds is 5. The molecule has 1 aliphatic rings. The minimum Gasteiger partial charge on any atom is -0.444 e. The normalized spacial score (nSPS) is 22.0. The minimum absolute atomic E-state index is 0.0218. The summed E-state index contributed by atoms with van der Waals surface area (Å²) >= 11 is 7.20. The fourth-order valence-electron chi connectivity index (χ4n) is 2.21. The van der Waals surface area contributed by atoms with E-state index in [1.165, 1.54) is 11.8 Å². The van der Waals surface area contributed by atoms with Crippen molar-refractivity contribution in [2.24, 2.45) is 4.99 Å². The van der Waals surface area contributed by atoms with Crippen molar-refractivity contribution in [2.45, 2.75) is 44.6 Å². The molecule has 0 spiro atoms. The summed E-state index contributed by atoms with van der Waals surface area (Å²) in [7, 11) is 0. The maximum absolute atomic E-state index is 12.2. The molecule has 1 aromatic carbocycles. The smallest absolute Gasteiger partial charge is 0.408 e. The van der Waals surface area contributed by atoms with Gasteiger partial charge in [0.2, 0.25) is 0 Å². The Kier molecular flexibility index (Phi) is 6.17. The molecular weight excluding hydrogens is 348 g/mol. The molecule has 2 atom stereocenters. The van der Waals surface area contributed by atoms with E-state index in [4.69, 9.17) is 16.3 Å². The van der Waals surface area contributed by atoms with Gasteiger partial charge in [0.25, 0.3) is 0 Å². The summed E-state index contributed by atoms with van der Waals surface area (Å²) in [4.78, 5) is 16.5. The number of nitrogens with zero attached hydrogens (tertiary/aromatic N) is 1. The summed E-state index contributed by atoms with van der Waals surface area (Å²) in [5.74, 6) is 0.404. The van der Waals surface area contributed by atoms with Gasteiger partial charge in [-0.25, -0.2) is 9.79 Å². The second-order valence-electron chi connectivity index (χ2n) is 6.74. The van der Waals surface area contributed by atoms with Crippen molar-refractivity contribution in [3.63, 3.8) is 0 Å². The van der Waals surface area contributed by atoms with Gasteiger partial charge >= 0.3 is 6.09 Å². The van der Waals surface area contributed by atoms with Crippen molar-refractivity contribution in [1.82, 2.24) is 5.32 Å². The molecule has 1 unspecified atom stereocenters. The number of halogens is 1. The Balaban J connectivity index is 2.16. The van der Waals surface area contributed by atoms with Crippen LogP contribution in [0.1, 0.15) is 26.3 Å². The van der Waals surface area contributed by atoms with E-state index in [2.05, 4.69) is 10.3 Å². The molecule has 0 fully saturated rings. The monoisotopic (exact) mass is 370 g/mol. The van der Waals surface area contributed by atoms with Crippen molar-refractivity contribution < 1.29 is 14.6 Å². The van der Waals surface area contributed by atoms with Crippen LogP contribution in [0, 0.1) is 0 Å². The van der Waals surface area contributed by atoms with Gasteiger partial charge < -0.3 is 15.2 Å². The van der Waals surface area contributed by atoms with E-state index in [1.54, 1.807) is 0 Å². The number of aliphatic imine (C=N–C) groups is 1. The average molecular weight is 371 g/mol. The van der Waals surface area contributed by atoms with E-state index < -0.39 is 17.4 Å². The third kappa shape index (κ3) is 5.69. The molecule has 1 aliphatic heterocycles. The highest BCUT2D eigenvalue weighted by Gasteiger charge is 2.36. The lowest BCUT2D eigenvalue weighted by atomic mass is 10.1. The lowest BCUT2D eigenvalue weighted by Gasteiger charge is -2.23. The van der Waals surface area contributed by atoms with Gasteiger partial charge in [0.15, 0.2) is 5.72 Å². The molecule has 7 heteroatoms. The Morgan fingerprint density at radius 3 is 2.67 bits per heavy atom. The number of carbonyl (C=O) groups is 1. The van der Waals surface area contributed by atoms with Crippen LogP contribution in [0.15, 0.2) is 35.3 Å². The Morgan fingerprint density at radius 2 is 2.12 bits per heavy atom. The largest absolute Gasteiger partial charge is 0.444 e. The lowest BCUT2D eigenvalue weighted by Crippen LogP contribution is -2.43. The van der Waals surface area contributed by atoms with Gasteiger partial charge in [-0.1, -0.05) is 30.3 Å². The van der Waals surface area contributed by atoms with Crippen LogP contribution in [0.4, 0.5) is 4.79 Å². The first kappa shape index (κ1) is 19.1. The van der Waals surface area contributed by atoms with Crippen molar-refractivity contribution in [3.8, 4) is 0 Å². The molecule has 0 aliphatic carbocycles. The second kappa shape index (κ2) is 7.76. The first-order chi connectivity index (χ1) is 11.2. The molecule has 1 aromatic rings. The van der Waals surface area contributed by atoms with Gasteiger partial charge in [-0.05, 0) is 32.8 Å². The molecule has 1 amide bonds. The van der Waals surface area contributed by atoms with Crippen LogP contribution in [-0.4, -0.2) is 45.2 Å². The van der Waals surface area contributed by atoms with Crippen LogP contribution in [0.3, 0.4) is 0 Å². The number of ether oxygens (including phenoxy) is 1. The van der Waals surface area contributed by atoms with Crippen LogP contribution in [0.5, 0.6) is 0 Å². The average Bonchev–Trinajstić information content (AvgIpc) is 2.89. The number of hydrogen-bond acceptors (Lipinski definition) is 5. The van der Waals surface area contributed by atoms with Crippen molar-refractivity contribution in [2.75, 3.05) is 11.6 Å². The van der Waals surface area contributed by atoms with Crippen molar-refractivity contribution in [1.29, 1.82) is 0 Å². The zero-order chi connectivity index (χ0) is 17.8. The highest BCUT2D eigenvalue weighted by molar-refractivity contribution is 8.14. The number of alkyl halides is 1. The highest BCUT2D eigenvalue weighted by Crippen LogP contribution is 2.29. The molecule has 0 radical (unpaired) electrons. The summed E-state index contributed by atoms with van der Waals surface area (Å²) in [5, 5.41) is 13.7. The number of amides is 1. The zero-order valence-electron chi connectivity index (χ0n) is 14.1.